The third-order valence-corrected chi connectivity index (χ3v) is 3.54. The Morgan fingerprint density at radius 1 is 1.38 bits per heavy atom. The average Bonchev–Trinajstić information content (AvgIpc) is 2.27. The van der Waals surface area contributed by atoms with Gasteiger partial charge in [0.2, 0.25) is 10.0 Å². The Bertz CT molecular complexity index is 455. The molecule has 0 aliphatic carbocycles. The van der Waals surface area contributed by atoms with Crippen molar-refractivity contribution >= 4 is 16.0 Å². The zero-order valence-corrected chi connectivity index (χ0v) is 9.57. The maximum Gasteiger partial charge on any atom is 0.321 e. The van der Waals surface area contributed by atoms with E-state index < -0.39 is 22.0 Å². The number of aliphatic carboxylic acids is 1. The normalized spacial score (nSPS) is 13.3. The van der Waals surface area contributed by atoms with Gasteiger partial charge in [0, 0.05) is 0 Å². The van der Waals surface area contributed by atoms with Crippen LogP contribution in [0.5, 0.6) is 0 Å². The average molecular weight is 243 g/mol. The molecule has 0 amide bonds. The molecule has 0 aromatic heterocycles. The lowest BCUT2D eigenvalue weighted by Crippen LogP contribution is -2.40. The molecule has 6 heteroatoms. The van der Waals surface area contributed by atoms with Crippen LogP contribution in [0.2, 0.25) is 0 Å². The molecule has 2 N–H and O–H groups in total. The molecule has 0 saturated carbocycles. The molecule has 0 saturated heterocycles. The molecule has 0 radical (unpaired) electrons. The number of carbonyl (C=O) groups is 1. The van der Waals surface area contributed by atoms with Gasteiger partial charge in [-0.2, -0.15) is 4.72 Å². The Kier molecular flexibility index (Phi) is 4.03. The summed E-state index contributed by atoms with van der Waals surface area (Å²) in [5, 5.41) is 8.76. The fourth-order valence-corrected chi connectivity index (χ4v) is 2.46. The highest BCUT2D eigenvalue weighted by molar-refractivity contribution is 7.89. The van der Waals surface area contributed by atoms with Crippen molar-refractivity contribution in [2.45, 2.75) is 24.3 Å². The lowest BCUT2D eigenvalue weighted by Gasteiger charge is -2.12. The first-order chi connectivity index (χ1) is 7.47. The van der Waals surface area contributed by atoms with Crippen molar-refractivity contribution in [1.29, 1.82) is 0 Å². The SMILES string of the molecule is CCC(NS(=O)(=O)c1ccccc1)C(=O)O. The zero-order valence-electron chi connectivity index (χ0n) is 8.75. The first-order valence-electron chi connectivity index (χ1n) is 4.77. The number of hydrogen-bond acceptors (Lipinski definition) is 3. The van der Waals surface area contributed by atoms with Crippen LogP contribution in [0.1, 0.15) is 13.3 Å². The predicted octanol–water partition coefficient (Wildman–Crippen LogP) is 0.828. The minimum atomic E-state index is -3.75. The van der Waals surface area contributed by atoms with Gasteiger partial charge in [0.1, 0.15) is 6.04 Å². The molecule has 16 heavy (non-hydrogen) atoms. The van der Waals surface area contributed by atoms with Gasteiger partial charge in [-0.15, -0.1) is 0 Å². The van der Waals surface area contributed by atoms with Gasteiger partial charge in [0.15, 0.2) is 0 Å². The molecule has 1 unspecified atom stereocenters. The molecular formula is C10H13NO4S. The van der Waals surface area contributed by atoms with Crippen molar-refractivity contribution in [2.24, 2.45) is 0 Å². The van der Waals surface area contributed by atoms with Crippen LogP contribution in [-0.2, 0) is 14.8 Å². The van der Waals surface area contributed by atoms with Crippen molar-refractivity contribution in [3.8, 4) is 0 Å². The van der Waals surface area contributed by atoms with Crippen LogP contribution in [0.25, 0.3) is 0 Å². The van der Waals surface area contributed by atoms with Crippen LogP contribution in [-0.4, -0.2) is 25.5 Å². The van der Waals surface area contributed by atoms with E-state index in [2.05, 4.69) is 4.72 Å². The number of nitrogens with one attached hydrogen (secondary N) is 1. The van der Waals surface area contributed by atoms with Gasteiger partial charge in [-0.1, -0.05) is 25.1 Å². The molecule has 1 aromatic rings. The summed E-state index contributed by atoms with van der Waals surface area (Å²) in [5.41, 5.74) is 0. The highest BCUT2D eigenvalue weighted by Gasteiger charge is 2.23. The van der Waals surface area contributed by atoms with Crippen molar-refractivity contribution < 1.29 is 18.3 Å². The zero-order chi connectivity index (χ0) is 12.2. The van der Waals surface area contributed by atoms with Gasteiger partial charge < -0.3 is 5.11 Å². The summed E-state index contributed by atoms with van der Waals surface area (Å²) in [5.74, 6) is -1.18. The van der Waals surface area contributed by atoms with E-state index in [9.17, 15) is 13.2 Å². The molecule has 1 rings (SSSR count). The molecular weight excluding hydrogens is 230 g/mol. The molecule has 1 aromatic carbocycles. The summed E-state index contributed by atoms with van der Waals surface area (Å²) in [6, 6.07) is 6.58. The Labute approximate surface area is 94.2 Å². The number of carboxylic acids is 1. The summed E-state index contributed by atoms with van der Waals surface area (Å²) >= 11 is 0. The van der Waals surface area contributed by atoms with Crippen molar-refractivity contribution in [2.75, 3.05) is 0 Å². The molecule has 1 atom stereocenters. The van der Waals surface area contributed by atoms with Crippen LogP contribution >= 0.6 is 0 Å². The smallest absolute Gasteiger partial charge is 0.321 e. The van der Waals surface area contributed by atoms with Gasteiger partial charge in [0.25, 0.3) is 0 Å². The molecule has 5 nitrogen and oxygen atoms in total. The highest BCUT2D eigenvalue weighted by Crippen LogP contribution is 2.08. The second-order valence-corrected chi connectivity index (χ2v) is 4.95. The van der Waals surface area contributed by atoms with Gasteiger partial charge in [-0.05, 0) is 18.6 Å². The Morgan fingerprint density at radius 2 is 1.94 bits per heavy atom. The molecule has 0 fully saturated rings. The molecule has 0 aliphatic rings. The third kappa shape index (κ3) is 3.04. The summed E-state index contributed by atoms with van der Waals surface area (Å²) in [6.45, 7) is 1.60. The molecule has 0 heterocycles. The van der Waals surface area contributed by atoms with E-state index >= 15 is 0 Å². The number of rotatable bonds is 5. The van der Waals surface area contributed by atoms with Crippen molar-refractivity contribution in [1.82, 2.24) is 4.72 Å². The minimum Gasteiger partial charge on any atom is -0.480 e. The van der Waals surface area contributed by atoms with Gasteiger partial charge in [-0.3, -0.25) is 4.79 Å². The Balaban J connectivity index is 2.92. The molecule has 88 valence electrons. The number of sulfonamides is 1. The highest BCUT2D eigenvalue weighted by atomic mass is 32.2. The third-order valence-electron chi connectivity index (χ3n) is 2.06. The lowest BCUT2D eigenvalue weighted by atomic mass is 10.2. The van der Waals surface area contributed by atoms with E-state index in [4.69, 9.17) is 5.11 Å². The fourth-order valence-electron chi connectivity index (χ4n) is 1.16. The molecule has 0 bridgehead atoms. The number of benzene rings is 1. The second kappa shape index (κ2) is 5.09. The Morgan fingerprint density at radius 3 is 2.38 bits per heavy atom. The quantitative estimate of drug-likeness (QED) is 0.802. The van der Waals surface area contributed by atoms with Crippen LogP contribution in [0.15, 0.2) is 35.2 Å². The second-order valence-electron chi connectivity index (χ2n) is 3.23. The lowest BCUT2D eigenvalue weighted by molar-refractivity contribution is -0.139. The Hall–Kier alpha value is -1.40. The first-order valence-corrected chi connectivity index (χ1v) is 6.26. The summed E-state index contributed by atoms with van der Waals surface area (Å²) in [7, 11) is -3.75. The van der Waals surface area contributed by atoms with E-state index in [0.29, 0.717) is 0 Å². The van der Waals surface area contributed by atoms with E-state index in [-0.39, 0.29) is 11.3 Å². The van der Waals surface area contributed by atoms with E-state index in [0.717, 1.165) is 0 Å². The molecule has 0 aliphatic heterocycles. The van der Waals surface area contributed by atoms with Gasteiger partial charge in [0.05, 0.1) is 4.90 Å². The summed E-state index contributed by atoms with van der Waals surface area (Å²) in [6.07, 6.45) is 0.196. The maximum absolute atomic E-state index is 11.7. The minimum absolute atomic E-state index is 0.0645. The van der Waals surface area contributed by atoms with Crippen LogP contribution < -0.4 is 4.72 Å². The first kappa shape index (κ1) is 12.7. The largest absolute Gasteiger partial charge is 0.480 e. The summed E-state index contributed by atoms with van der Waals surface area (Å²) < 4.78 is 25.6. The van der Waals surface area contributed by atoms with Crippen molar-refractivity contribution in [3.63, 3.8) is 0 Å². The fraction of sp³-hybridized carbons (Fsp3) is 0.300. The van der Waals surface area contributed by atoms with E-state index in [1.165, 1.54) is 12.1 Å². The van der Waals surface area contributed by atoms with Crippen molar-refractivity contribution in [3.05, 3.63) is 30.3 Å². The van der Waals surface area contributed by atoms with E-state index in [1.807, 2.05) is 0 Å². The number of hydrogen-bond donors (Lipinski definition) is 2. The maximum atomic E-state index is 11.7. The van der Waals surface area contributed by atoms with Gasteiger partial charge >= 0.3 is 5.97 Å². The van der Waals surface area contributed by atoms with E-state index in [1.54, 1.807) is 25.1 Å². The standard InChI is InChI=1S/C10H13NO4S/c1-2-9(10(12)13)11-16(14,15)8-6-4-3-5-7-8/h3-7,9,11H,2H2,1H3,(H,12,13). The topological polar surface area (TPSA) is 83.5 Å². The summed E-state index contributed by atoms with van der Waals surface area (Å²) in [4.78, 5) is 10.8. The van der Waals surface area contributed by atoms with Gasteiger partial charge in [-0.25, -0.2) is 8.42 Å². The van der Waals surface area contributed by atoms with Crippen LogP contribution in [0.3, 0.4) is 0 Å². The van der Waals surface area contributed by atoms with Crippen LogP contribution in [0.4, 0.5) is 0 Å². The molecule has 0 spiro atoms. The number of carboxylic acid groups (broad SMARTS) is 1. The monoisotopic (exact) mass is 243 g/mol. The van der Waals surface area contributed by atoms with Crippen LogP contribution in [0, 0.1) is 0 Å². The predicted molar refractivity (Wildman–Crippen MR) is 58.5 cm³/mol.